The van der Waals surface area contributed by atoms with Gasteiger partial charge in [0.05, 0.1) is 25.9 Å². The van der Waals surface area contributed by atoms with Gasteiger partial charge >= 0.3 is 0 Å². The van der Waals surface area contributed by atoms with Crippen LogP contribution in [0, 0.1) is 0 Å². The molecular formula is C24H48O11. The fraction of sp³-hybridized carbons (Fsp3) is 1.00. The van der Waals surface area contributed by atoms with E-state index in [0.29, 0.717) is 6.61 Å². The number of rotatable bonds is 20. The number of aliphatic hydroxyl groups excluding tert-OH is 7. The van der Waals surface area contributed by atoms with E-state index in [9.17, 15) is 35.7 Å². The van der Waals surface area contributed by atoms with Crippen LogP contribution in [0.1, 0.15) is 71.6 Å². The fourth-order valence-corrected chi connectivity index (χ4v) is 3.78. The van der Waals surface area contributed by atoms with Gasteiger partial charge < -0.3 is 54.7 Å². The molecule has 7 N–H and O–H groups in total. The predicted molar refractivity (Wildman–Crippen MR) is 126 cm³/mol. The van der Waals surface area contributed by atoms with Gasteiger partial charge in [-0.1, -0.05) is 58.3 Å². The summed E-state index contributed by atoms with van der Waals surface area (Å²) in [4.78, 5) is 0. The van der Waals surface area contributed by atoms with Gasteiger partial charge in [0.2, 0.25) is 0 Å². The van der Waals surface area contributed by atoms with Crippen LogP contribution >= 0.6 is 0 Å². The Bertz CT molecular complexity index is 510. The Morgan fingerprint density at radius 3 is 2.00 bits per heavy atom. The van der Waals surface area contributed by atoms with E-state index in [1.165, 1.54) is 38.5 Å². The monoisotopic (exact) mass is 512 g/mol. The second-order valence-electron chi connectivity index (χ2n) is 9.29. The first-order valence-corrected chi connectivity index (χ1v) is 12.9. The topological polar surface area (TPSA) is 179 Å². The fourth-order valence-electron chi connectivity index (χ4n) is 3.78. The lowest BCUT2D eigenvalue weighted by molar-refractivity contribution is -0.309. The molecule has 210 valence electrons. The number of hydrogen-bond donors (Lipinski definition) is 7. The molecule has 1 fully saturated rings. The zero-order chi connectivity index (χ0) is 26.2. The molecule has 1 rings (SSSR count). The van der Waals surface area contributed by atoms with Crippen LogP contribution in [0.25, 0.3) is 0 Å². The molecule has 0 aromatic rings. The van der Waals surface area contributed by atoms with Gasteiger partial charge in [-0.2, -0.15) is 0 Å². The van der Waals surface area contributed by atoms with Gasteiger partial charge in [0.25, 0.3) is 0 Å². The minimum absolute atomic E-state index is 0.302. The Labute approximate surface area is 208 Å². The van der Waals surface area contributed by atoms with E-state index in [4.69, 9.17) is 18.9 Å². The van der Waals surface area contributed by atoms with Crippen LogP contribution in [-0.4, -0.2) is 117 Å². The van der Waals surface area contributed by atoms with E-state index in [-0.39, 0.29) is 6.61 Å². The summed E-state index contributed by atoms with van der Waals surface area (Å²) in [5.41, 5.74) is 0. The normalized spacial score (nSPS) is 28.5. The van der Waals surface area contributed by atoms with E-state index in [2.05, 4.69) is 6.92 Å². The summed E-state index contributed by atoms with van der Waals surface area (Å²) in [6.45, 7) is 2.66. The quantitative estimate of drug-likeness (QED) is 0.0848. The van der Waals surface area contributed by atoms with Crippen molar-refractivity contribution in [3.63, 3.8) is 0 Å². The standard InChI is InChI=1S/C24H48O11/c1-3-4-5-6-7-8-9-10-11-12-32-23(34-16(2)13-25)19(28)17(27)15-33-24-22(31)21(30)20(29)18(14-26)35-24/h16-31H,3-15H2,1-2H3/t16?,17-,18?,19?,20+,21?,22-,23?,24-/m0/s1. The molecule has 0 aromatic heterocycles. The zero-order valence-corrected chi connectivity index (χ0v) is 21.2. The second kappa shape index (κ2) is 18.8. The third-order valence-corrected chi connectivity index (χ3v) is 6.11. The maximum atomic E-state index is 10.6. The summed E-state index contributed by atoms with van der Waals surface area (Å²) < 4.78 is 21.7. The second-order valence-corrected chi connectivity index (χ2v) is 9.29. The largest absolute Gasteiger partial charge is 0.394 e. The van der Waals surface area contributed by atoms with Crippen molar-refractivity contribution in [2.45, 2.75) is 127 Å². The van der Waals surface area contributed by atoms with E-state index in [1.807, 2.05) is 0 Å². The molecule has 11 nitrogen and oxygen atoms in total. The molecule has 11 heteroatoms. The van der Waals surface area contributed by atoms with E-state index >= 15 is 0 Å². The lowest BCUT2D eigenvalue weighted by atomic mass is 9.99. The average Bonchev–Trinajstić information content (AvgIpc) is 2.86. The molecule has 1 saturated heterocycles. The average molecular weight is 513 g/mol. The van der Waals surface area contributed by atoms with Crippen LogP contribution in [0.3, 0.4) is 0 Å². The van der Waals surface area contributed by atoms with Gasteiger partial charge in [0.1, 0.15) is 36.6 Å². The van der Waals surface area contributed by atoms with Crippen molar-refractivity contribution in [2.75, 3.05) is 26.4 Å². The van der Waals surface area contributed by atoms with Gasteiger partial charge in [-0.05, 0) is 13.3 Å². The van der Waals surface area contributed by atoms with E-state index in [1.54, 1.807) is 6.92 Å². The summed E-state index contributed by atoms with van der Waals surface area (Å²) in [5, 5.41) is 69.2. The summed E-state index contributed by atoms with van der Waals surface area (Å²) >= 11 is 0. The lowest BCUT2D eigenvalue weighted by Gasteiger charge is -2.40. The molecule has 35 heavy (non-hydrogen) atoms. The summed E-state index contributed by atoms with van der Waals surface area (Å²) in [6.07, 6.45) is -2.02. The molecule has 0 amide bonds. The smallest absolute Gasteiger partial charge is 0.186 e. The molecule has 0 aliphatic carbocycles. The molecule has 0 saturated carbocycles. The third-order valence-electron chi connectivity index (χ3n) is 6.11. The highest BCUT2D eigenvalue weighted by atomic mass is 16.7. The first-order chi connectivity index (χ1) is 16.8. The van der Waals surface area contributed by atoms with Gasteiger partial charge in [0.15, 0.2) is 12.6 Å². The highest BCUT2D eigenvalue weighted by Crippen LogP contribution is 2.22. The molecular weight excluding hydrogens is 464 g/mol. The Kier molecular flexibility index (Phi) is 17.5. The van der Waals surface area contributed by atoms with E-state index in [0.717, 1.165) is 19.3 Å². The number of aliphatic hydroxyl groups is 7. The van der Waals surface area contributed by atoms with Crippen molar-refractivity contribution in [3.8, 4) is 0 Å². The minimum Gasteiger partial charge on any atom is -0.394 e. The predicted octanol–water partition coefficient (Wildman–Crippen LogP) is -0.204. The summed E-state index contributed by atoms with van der Waals surface area (Å²) in [7, 11) is 0. The van der Waals surface area contributed by atoms with Crippen LogP contribution in [0.4, 0.5) is 0 Å². The number of unbranched alkanes of at least 4 members (excludes halogenated alkanes) is 8. The Balaban J connectivity index is 2.45. The minimum atomic E-state index is -1.62. The van der Waals surface area contributed by atoms with Gasteiger partial charge in [-0.15, -0.1) is 0 Å². The third kappa shape index (κ3) is 12.1. The maximum Gasteiger partial charge on any atom is 0.186 e. The number of ether oxygens (including phenoxy) is 4. The molecule has 1 heterocycles. The highest BCUT2D eigenvalue weighted by Gasteiger charge is 2.44. The van der Waals surface area contributed by atoms with Gasteiger partial charge in [-0.3, -0.25) is 0 Å². The SMILES string of the molecule is CCCCCCCCCCCOC(OC(C)CO)C(O)[C@@H](O)CO[C@H]1OC(CO)[C@@H](O)C(O)[C@@H]1O. The zero-order valence-electron chi connectivity index (χ0n) is 21.2. The Hall–Kier alpha value is -0.440. The summed E-state index contributed by atoms with van der Waals surface area (Å²) in [5.74, 6) is 0. The molecule has 1 aliphatic heterocycles. The molecule has 9 atom stereocenters. The van der Waals surface area contributed by atoms with E-state index < -0.39 is 68.5 Å². The molecule has 0 aromatic carbocycles. The van der Waals surface area contributed by atoms with Crippen LogP contribution in [-0.2, 0) is 18.9 Å². The van der Waals surface area contributed by atoms with Crippen molar-refractivity contribution in [2.24, 2.45) is 0 Å². The highest BCUT2D eigenvalue weighted by molar-refractivity contribution is 4.89. The molecule has 1 aliphatic rings. The Morgan fingerprint density at radius 1 is 0.829 bits per heavy atom. The number of hydrogen-bond acceptors (Lipinski definition) is 11. The molecule has 0 bridgehead atoms. The first-order valence-electron chi connectivity index (χ1n) is 12.9. The van der Waals surface area contributed by atoms with Crippen LogP contribution in [0.2, 0.25) is 0 Å². The van der Waals surface area contributed by atoms with Crippen LogP contribution in [0.15, 0.2) is 0 Å². The first kappa shape index (κ1) is 32.6. The van der Waals surface area contributed by atoms with Crippen molar-refractivity contribution < 1.29 is 54.7 Å². The van der Waals surface area contributed by atoms with Gasteiger partial charge in [0, 0.05) is 6.61 Å². The lowest BCUT2D eigenvalue weighted by Crippen LogP contribution is -2.59. The summed E-state index contributed by atoms with van der Waals surface area (Å²) in [6, 6.07) is 0. The van der Waals surface area contributed by atoms with Crippen LogP contribution in [0.5, 0.6) is 0 Å². The molecule has 0 spiro atoms. The van der Waals surface area contributed by atoms with Crippen molar-refractivity contribution >= 4 is 0 Å². The maximum absolute atomic E-state index is 10.6. The molecule has 5 unspecified atom stereocenters. The van der Waals surface area contributed by atoms with Crippen LogP contribution < -0.4 is 0 Å². The van der Waals surface area contributed by atoms with Crippen molar-refractivity contribution in [3.05, 3.63) is 0 Å². The molecule has 0 radical (unpaired) electrons. The van der Waals surface area contributed by atoms with Gasteiger partial charge in [-0.25, -0.2) is 0 Å². The van der Waals surface area contributed by atoms with Crippen molar-refractivity contribution in [1.82, 2.24) is 0 Å². The Morgan fingerprint density at radius 2 is 1.43 bits per heavy atom. The van der Waals surface area contributed by atoms with Crippen molar-refractivity contribution in [1.29, 1.82) is 0 Å².